The molecule has 1 saturated heterocycles. The van der Waals surface area contributed by atoms with E-state index in [0.29, 0.717) is 37.6 Å². The van der Waals surface area contributed by atoms with Gasteiger partial charge in [0.05, 0.1) is 6.61 Å². The average Bonchev–Trinajstić information content (AvgIpc) is 2.50. The Morgan fingerprint density at radius 3 is 2.81 bits per heavy atom. The molecule has 0 N–H and O–H groups in total. The molecule has 2 amide bonds. The first kappa shape index (κ1) is 15.3. The third kappa shape index (κ3) is 3.95. The van der Waals surface area contributed by atoms with Crippen LogP contribution in [-0.2, 0) is 9.53 Å². The Labute approximate surface area is 124 Å². The molecule has 1 heterocycles. The van der Waals surface area contributed by atoms with Crippen molar-refractivity contribution in [3.63, 3.8) is 0 Å². The van der Waals surface area contributed by atoms with Gasteiger partial charge in [-0.05, 0) is 18.2 Å². The van der Waals surface area contributed by atoms with E-state index >= 15 is 0 Å². The Kier molecular flexibility index (Phi) is 5.16. The second-order valence-corrected chi connectivity index (χ2v) is 4.91. The lowest BCUT2D eigenvalue weighted by Gasteiger charge is -2.32. The highest BCUT2D eigenvalue weighted by Crippen LogP contribution is 2.16. The molecule has 0 aliphatic carbocycles. The first-order valence-electron chi connectivity index (χ1n) is 6.87. The van der Waals surface area contributed by atoms with Crippen molar-refractivity contribution in [2.45, 2.75) is 0 Å². The van der Waals surface area contributed by atoms with Crippen molar-refractivity contribution in [3.05, 3.63) is 29.8 Å². The number of carbonyl (C=O) groups is 2. The summed E-state index contributed by atoms with van der Waals surface area (Å²) in [6, 6.07) is 6.99. The Hall–Kier alpha value is -2.08. The van der Waals surface area contributed by atoms with Gasteiger partial charge in [-0.25, -0.2) is 0 Å². The van der Waals surface area contributed by atoms with Gasteiger partial charge < -0.3 is 19.3 Å². The van der Waals surface area contributed by atoms with E-state index < -0.39 is 0 Å². The van der Waals surface area contributed by atoms with Crippen molar-refractivity contribution in [1.29, 1.82) is 0 Å². The summed E-state index contributed by atoms with van der Waals surface area (Å²) in [6.45, 7) is 2.17. The molecule has 21 heavy (non-hydrogen) atoms. The third-order valence-corrected chi connectivity index (χ3v) is 3.38. The van der Waals surface area contributed by atoms with Gasteiger partial charge in [-0.3, -0.25) is 9.59 Å². The summed E-state index contributed by atoms with van der Waals surface area (Å²) in [7, 11) is 3.35. The van der Waals surface area contributed by atoms with Crippen LogP contribution in [0.1, 0.15) is 10.4 Å². The van der Waals surface area contributed by atoms with Crippen molar-refractivity contribution in [2.24, 2.45) is 0 Å². The highest BCUT2D eigenvalue weighted by atomic mass is 16.5. The quantitative estimate of drug-likeness (QED) is 0.747. The minimum atomic E-state index is -0.145. The molecule has 0 bridgehead atoms. The molecule has 0 atom stereocenters. The van der Waals surface area contributed by atoms with Crippen molar-refractivity contribution < 1.29 is 19.1 Å². The number of hydrogen-bond acceptors (Lipinski definition) is 4. The van der Waals surface area contributed by atoms with Crippen molar-refractivity contribution in [2.75, 3.05) is 47.0 Å². The summed E-state index contributed by atoms with van der Waals surface area (Å²) in [4.78, 5) is 27.3. The number of rotatable bonds is 5. The van der Waals surface area contributed by atoms with Gasteiger partial charge >= 0.3 is 0 Å². The van der Waals surface area contributed by atoms with Crippen LogP contribution in [0.15, 0.2) is 24.3 Å². The number of piperazine rings is 1. The molecule has 114 valence electrons. The fourth-order valence-electron chi connectivity index (χ4n) is 2.08. The molecular weight excluding hydrogens is 272 g/mol. The van der Waals surface area contributed by atoms with Crippen LogP contribution < -0.4 is 4.74 Å². The van der Waals surface area contributed by atoms with Gasteiger partial charge in [0, 0.05) is 32.8 Å². The summed E-state index contributed by atoms with van der Waals surface area (Å²) >= 11 is 0. The van der Waals surface area contributed by atoms with E-state index in [2.05, 4.69) is 0 Å². The van der Waals surface area contributed by atoms with E-state index in [1.54, 1.807) is 48.2 Å². The first-order valence-corrected chi connectivity index (χ1v) is 6.87. The maximum atomic E-state index is 12.4. The van der Waals surface area contributed by atoms with E-state index in [-0.39, 0.29) is 18.4 Å². The normalized spacial score (nSPS) is 15.2. The summed E-state index contributed by atoms with van der Waals surface area (Å²) in [5.74, 6) is 0.439. The zero-order valence-corrected chi connectivity index (χ0v) is 12.4. The van der Waals surface area contributed by atoms with Crippen molar-refractivity contribution >= 4 is 11.8 Å². The van der Waals surface area contributed by atoms with Crippen molar-refractivity contribution in [3.8, 4) is 5.75 Å². The van der Waals surface area contributed by atoms with Gasteiger partial charge in [0.15, 0.2) is 0 Å². The number of carbonyl (C=O) groups excluding carboxylic acids is 2. The summed E-state index contributed by atoms with van der Waals surface area (Å²) in [5.41, 5.74) is 0.530. The lowest BCUT2D eigenvalue weighted by atomic mass is 10.1. The SMILES string of the molecule is COCCOc1cccc(C(=O)N2CCN(C)C(=O)C2)c1. The summed E-state index contributed by atoms with van der Waals surface area (Å²) in [5, 5.41) is 0. The van der Waals surface area contributed by atoms with Crippen LogP contribution in [0.4, 0.5) is 0 Å². The van der Waals surface area contributed by atoms with Gasteiger partial charge in [0.2, 0.25) is 5.91 Å². The van der Waals surface area contributed by atoms with Crippen LogP contribution in [0.2, 0.25) is 0 Å². The smallest absolute Gasteiger partial charge is 0.254 e. The lowest BCUT2D eigenvalue weighted by molar-refractivity contribution is -0.133. The molecular formula is C15H20N2O4. The molecule has 0 spiro atoms. The average molecular weight is 292 g/mol. The van der Waals surface area contributed by atoms with E-state index in [1.807, 2.05) is 0 Å². The van der Waals surface area contributed by atoms with Crippen LogP contribution in [0.25, 0.3) is 0 Å². The molecule has 1 aliphatic rings. The fraction of sp³-hybridized carbons (Fsp3) is 0.467. The number of methoxy groups -OCH3 is 1. The van der Waals surface area contributed by atoms with E-state index in [9.17, 15) is 9.59 Å². The fourth-order valence-corrected chi connectivity index (χ4v) is 2.08. The summed E-state index contributed by atoms with van der Waals surface area (Å²) in [6.07, 6.45) is 0. The number of nitrogens with zero attached hydrogens (tertiary/aromatic N) is 2. The Morgan fingerprint density at radius 1 is 1.29 bits per heavy atom. The molecule has 0 aromatic heterocycles. The van der Waals surface area contributed by atoms with Crippen LogP contribution in [0.3, 0.4) is 0 Å². The minimum absolute atomic E-state index is 0.0397. The molecule has 0 radical (unpaired) electrons. The zero-order valence-electron chi connectivity index (χ0n) is 12.4. The molecule has 6 heteroatoms. The van der Waals surface area contributed by atoms with Gasteiger partial charge in [-0.1, -0.05) is 6.07 Å². The lowest BCUT2D eigenvalue weighted by Crippen LogP contribution is -2.50. The minimum Gasteiger partial charge on any atom is -0.491 e. The van der Waals surface area contributed by atoms with Crippen LogP contribution in [0, 0.1) is 0 Å². The molecule has 1 aromatic carbocycles. The summed E-state index contributed by atoms with van der Waals surface area (Å²) < 4.78 is 10.4. The Morgan fingerprint density at radius 2 is 2.10 bits per heavy atom. The van der Waals surface area contributed by atoms with Crippen molar-refractivity contribution in [1.82, 2.24) is 9.80 Å². The number of hydrogen-bond donors (Lipinski definition) is 0. The second-order valence-electron chi connectivity index (χ2n) is 4.91. The van der Waals surface area contributed by atoms with Gasteiger partial charge in [-0.15, -0.1) is 0 Å². The van der Waals surface area contributed by atoms with Crippen LogP contribution in [0.5, 0.6) is 5.75 Å². The molecule has 1 fully saturated rings. The molecule has 2 rings (SSSR count). The van der Waals surface area contributed by atoms with Crippen LogP contribution >= 0.6 is 0 Å². The largest absolute Gasteiger partial charge is 0.491 e. The molecule has 1 aromatic rings. The van der Waals surface area contributed by atoms with Gasteiger partial charge in [-0.2, -0.15) is 0 Å². The second kappa shape index (κ2) is 7.08. The van der Waals surface area contributed by atoms with E-state index in [4.69, 9.17) is 9.47 Å². The number of likely N-dealkylation sites (N-methyl/N-ethyl adjacent to an activating group) is 1. The standard InChI is InChI=1S/C15H20N2O4/c1-16-6-7-17(11-14(16)18)15(19)12-4-3-5-13(10-12)21-9-8-20-2/h3-5,10H,6-9,11H2,1-2H3. The first-order chi connectivity index (χ1) is 10.1. The monoisotopic (exact) mass is 292 g/mol. The highest BCUT2D eigenvalue weighted by Gasteiger charge is 2.25. The Balaban J connectivity index is 2.02. The van der Waals surface area contributed by atoms with E-state index in [0.717, 1.165) is 0 Å². The van der Waals surface area contributed by atoms with E-state index in [1.165, 1.54) is 0 Å². The number of benzene rings is 1. The third-order valence-electron chi connectivity index (χ3n) is 3.38. The van der Waals surface area contributed by atoms with Gasteiger partial charge in [0.25, 0.3) is 5.91 Å². The molecule has 0 saturated carbocycles. The molecule has 0 unspecified atom stereocenters. The predicted molar refractivity (Wildman–Crippen MR) is 77.4 cm³/mol. The maximum absolute atomic E-state index is 12.4. The number of ether oxygens (including phenoxy) is 2. The maximum Gasteiger partial charge on any atom is 0.254 e. The zero-order chi connectivity index (χ0) is 15.2. The predicted octanol–water partition coefficient (Wildman–Crippen LogP) is 0.626. The molecule has 1 aliphatic heterocycles. The molecule has 6 nitrogen and oxygen atoms in total. The number of amides is 2. The van der Waals surface area contributed by atoms with Gasteiger partial charge in [0.1, 0.15) is 18.9 Å². The topological polar surface area (TPSA) is 59.1 Å². The highest BCUT2D eigenvalue weighted by molar-refractivity contribution is 5.97. The van der Waals surface area contributed by atoms with Crippen LogP contribution in [-0.4, -0.2) is 68.6 Å². The Bertz CT molecular complexity index is 518.